The highest BCUT2D eigenvalue weighted by molar-refractivity contribution is 6.29. The molecular formula is C14H19ClN2O3. The molecule has 2 amide bonds. The summed E-state index contributed by atoms with van der Waals surface area (Å²) in [5, 5.41) is 3.11. The Morgan fingerprint density at radius 3 is 2.50 bits per heavy atom. The van der Waals surface area contributed by atoms with E-state index in [2.05, 4.69) is 5.32 Å². The van der Waals surface area contributed by atoms with Gasteiger partial charge in [0.2, 0.25) is 5.91 Å². The average Bonchev–Trinajstić information content (AvgIpc) is 2.85. The van der Waals surface area contributed by atoms with Crippen molar-refractivity contribution in [1.29, 1.82) is 0 Å². The van der Waals surface area contributed by atoms with Crippen molar-refractivity contribution in [1.82, 2.24) is 10.2 Å². The second-order valence-electron chi connectivity index (χ2n) is 5.33. The number of amides is 2. The molecule has 0 spiro atoms. The Kier molecular flexibility index (Phi) is 4.70. The molecule has 1 saturated heterocycles. The third kappa shape index (κ3) is 3.54. The van der Waals surface area contributed by atoms with Gasteiger partial charge in [-0.05, 0) is 36.6 Å². The number of likely N-dealkylation sites (tertiary alicyclic amines) is 1. The number of hydrogen-bond acceptors (Lipinski definition) is 3. The molecule has 1 aliphatic heterocycles. The van der Waals surface area contributed by atoms with E-state index in [4.69, 9.17) is 16.0 Å². The van der Waals surface area contributed by atoms with Gasteiger partial charge in [-0.25, -0.2) is 0 Å². The minimum atomic E-state index is -0.259. The number of hydrogen-bond donors (Lipinski definition) is 1. The Morgan fingerprint density at radius 2 is 2.00 bits per heavy atom. The van der Waals surface area contributed by atoms with Crippen LogP contribution in [0, 0.1) is 5.92 Å². The van der Waals surface area contributed by atoms with Crippen LogP contribution >= 0.6 is 11.6 Å². The van der Waals surface area contributed by atoms with Gasteiger partial charge in [0, 0.05) is 25.0 Å². The van der Waals surface area contributed by atoms with Gasteiger partial charge in [0.05, 0.1) is 0 Å². The molecule has 1 aromatic heterocycles. The van der Waals surface area contributed by atoms with Crippen LogP contribution in [0.25, 0.3) is 0 Å². The highest BCUT2D eigenvalue weighted by Gasteiger charge is 2.25. The number of rotatable bonds is 3. The molecule has 20 heavy (non-hydrogen) atoms. The molecule has 0 bridgehead atoms. The number of halogens is 1. The van der Waals surface area contributed by atoms with Crippen LogP contribution in [0.15, 0.2) is 16.5 Å². The number of piperidine rings is 1. The Morgan fingerprint density at radius 1 is 1.35 bits per heavy atom. The number of carbonyl (C=O) groups is 2. The van der Waals surface area contributed by atoms with Crippen molar-refractivity contribution in [3.8, 4) is 0 Å². The fourth-order valence-electron chi connectivity index (χ4n) is 2.30. The van der Waals surface area contributed by atoms with Crippen LogP contribution < -0.4 is 5.32 Å². The molecule has 5 nitrogen and oxygen atoms in total. The topological polar surface area (TPSA) is 62.6 Å². The van der Waals surface area contributed by atoms with Gasteiger partial charge in [-0.15, -0.1) is 0 Å². The molecule has 0 atom stereocenters. The molecule has 0 aliphatic carbocycles. The summed E-state index contributed by atoms with van der Waals surface area (Å²) in [5.41, 5.74) is 0. The lowest BCUT2D eigenvalue weighted by molar-refractivity contribution is -0.135. The summed E-state index contributed by atoms with van der Waals surface area (Å²) in [4.78, 5) is 25.6. The molecule has 1 fully saturated rings. The summed E-state index contributed by atoms with van der Waals surface area (Å²) >= 11 is 5.64. The van der Waals surface area contributed by atoms with Crippen molar-refractivity contribution in [2.75, 3.05) is 13.1 Å². The smallest absolute Gasteiger partial charge is 0.287 e. The molecular weight excluding hydrogens is 280 g/mol. The maximum atomic E-state index is 11.9. The molecule has 0 saturated carbocycles. The number of furan rings is 1. The van der Waals surface area contributed by atoms with E-state index in [1.54, 1.807) is 12.1 Å². The first-order valence-electron chi connectivity index (χ1n) is 6.82. The molecule has 1 aromatic rings. The Hall–Kier alpha value is -1.49. The van der Waals surface area contributed by atoms with Crippen molar-refractivity contribution in [2.45, 2.75) is 32.7 Å². The predicted octanol–water partition coefficient (Wildman–Crippen LogP) is 2.31. The molecule has 1 N–H and O–H groups in total. The number of nitrogens with one attached hydrogen (secondary N) is 1. The minimum absolute atomic E-state index is 0.0198. The summed E-state index contributed by atoms with van der Waals surface area (Å²) in [6.07, 6.45) is 1.53. The Balaban J connectivity index is 1.83. The van der Waals surface area contributed by atoms with Gasteiger partial charge in [0.1, 0.15) is 0 Å². The van der Waals surface area contributed by atoms with E-state index in [9.17, 15) is 9.59 Å². The zero-order valence-electron chi connectivity index (χ0n) is 11.7. The van der Waals surface area contributed by atoms with E-state index >= 15 is 0 Å². The van der Waals surface area contributed by atoms with Gasteiger partial charge in [-0.3, -0.25) is 9.59 Å². The molecule has 1 aliphatic rings. The summed E-state index contributed by atoms with van der Waals surface area (Å²) in [6.45, 7) is 5.16. The van der Waals surface area contributed by atoms with Crippen molar-refractivity contribution in [2.24, 2.45) is 5.92 Å². The monoisotopic (exact) mass is 298 g/mol. The summed E-state index contributed by atoms with van der Waals surface area (Å²) in [5.74, 6) is 0.153. The summed E-state index contributed by atoms with van der Waals surface area (Å²) in [6, 6.07) is 3.16. The van der Waals surface area contributed by atoms with E-state index in [1.807, 2.05) is 18.7 Å². The normalized spacial score (nSPS) is 16.5. The lowest BCUT2D eigenvalue weighted by atomic mass is 10.0. The SMILES string of the molecule is CC(C)C(=O)N1CCC(NC(=O)c2ccc(Cl)o2)CC1. The standard InChI is InChI=1S/C14H19ClN2O3/c1-9(2)14(19)17-7-5-10(6-8-17)16-13(18)11-3-4-12(15)20-11/h3-4,9-10H,5-8H2,1-2H3,(H,16,18). The lowest BCUT2D eigenvalue weighted by Gasteiger charge is -2.33. The van der Waals surface area contributed by atoms with Crippen LogP contribution in [0.3, 0.4) is 0 Å². The van der Waals surface area contributed by atoms with Gasteiger partial charge in [-0.2, -0.15) is 0 Å². The minimum Gasteiger partial charge on any atom is -0.440 e. The maximum Gasteiger partial charge on any atom is 0.287 e. The molecule has 0 radical (unpaired) electrons. The third-order valence-corrected chi connectivity index (χ3v) is 3.64. The first kappa shape index (κ1) is 14.9. The van der Waals surface area contributed by atoms with Crippen LogP contribution in [0.1, 0.15) is 37.2 Å². The molecule has 0 aromatic carbocycles. The van der Waals surface area contributed by atoms with Crippen molar-refractivity contribution >= 4 is 23.4 Å². The van der Waals surface area contributed by atoms with E-state index in [1.165, 1.54) is 0 Å². The molecule has 110 valence electrons. The van der Waals surface area contributed by atoms with E-state index in [0.717, 1.165) is 12.8 Å². The molecule has 2 heterocycles. The second kappa shape index (κ2) is 6.31. The second-order valence-corrected chi connectivity index (χ2v) is 5.70. The van der Waals surface area contributed by atoms with Gasteiger partial charge in [0.15, 0.2) is 11.0 Å². The quantitative estimate of drug-likeness (QED) is 0.931. The predicted molar refractivity (Wildman–Crippen MR) is 75.6 cm³/mol. The Bertz CT molecular complexity index is 490. The van der Waals surface area contributed by atoms with Crippen molar-refractivity contribution < 1.29 is 14.0 Å². The van der Waals surface area contributed by atoms with Crippen LogP contribution in [-0.4, -0.2) is 35.8 Å². The van der Waals surface area contributed by atoms with Gasteiger partial charge in [0.25, 0.3) is 5.91 Å². The largest absolute Gasteiger partial charge is 0.440 e. The zero-order chi connectivity index (χ0) is 14.7. The van der Waals surface area contributed by atoms with Crippen LogP contribution in [0.4, 0.5) is 0 Å². The van der Waals surface area contributed by atoms with Gasteiger partial charge < -0.3 is 14.6 Å². The van der Waals surface area contributed by atoms with Crippen LogP contribution in [-0.2, 0) is 4.79 Å². The average molecular weight is 299 g/mol. The first-order valence-corrected chi connectivity index (χ1v) is 7.20. The van der Waals surface area contributed by atoms with Gasteiger partial charge >= 0.3 is 0 Å². The Labute approximate surface area is 123 Å². The van der Waals surface area contributed by atoms with Crippen molar-refractivity contribution in [3.05, 3.63) is 23.1 Å². The number of nitrogens with zero attached hydrogens (tertiary/aromatic N) is 1. The van der Waals surface area contributed by atoms with Gasteiger partial charge in [-0.1, -0.05) is 13.8 Å². The third-order valence-electron chi connectivity index (χ3n) is 3.43. The van der Waals surface area contributed by atoms with E-state index in [0.29, 0.717) is 13.1 Å². The highest BCUT2D eigenvalue weighted by atomic mass is 35.5. The lowest BCUT2D eigenvalue weighted by Crippen LogP contribution is -2.47. The van der Waals surface area contributed by atoms with Crippen molar-refractivity contribution in [3.63, 3.8) is 0 Å². The van der Waals surface area contributed by atoms with Crippen LogP contribution in [0.5, 0.6) is 0 Å². The van der Waals surface area contributed by atoms with E-state index < -0.39 is 0 Å². The molecule has 0 unspecified atom stereocenters. The fourth-order valence-corrected chi connectivity index (χ4v) is 2.45. The molecule has 6 heteroatoms. The summed E-state index contributed by atoms with van der Waals surface area (Å²) < 4.78 is 5.07. The first-order chi connectivity index (χ1) is 9.47. The fraction of sp³-hybridized carbons (Fsp3) is 0.571. The maximum absolute atomic E-state index is 11.9. The van der Waals surface area contributed by atoms with Crippen LogP contribution in [0.2, 0.25) is 5.22 Å². The molecule has 2 rings (SSSR count). The zero-order valence-corrected chi connectivity index (χ0v) is 12.4. The van der Waals surface area contributed by atoms with E-state index in [-0.39, 0.29) is 34.8 Å². The summed E-state index contributed by atoms with van der Waals surface area (Å²) in [7, 11) is 0. The highest BCUT2D eigenvalue weighted by Crippen LogP contribution is 2.16. The number of carbonyl (C=O) groups excluding carboxylic acids is 2.